The quantitative estimate of drug-likeness (QED) is 0.809. The normalized spacial score (nSPS) is 11.1. The molecule has 2 N–H and O–H groups in total. The maximum absolute atomic E-state index is 5.72. The molecule has 2 rings (SSSR count). The fourth-order valence-corrected chi connectivity index (χ4v) is 2.22. The van der Waals surface area contributed by atoms with Crippen LogP contribution < -0.4 is 5.73 Å². The van der Waals surface area contributed by atoms with Crippen molar-refractivity contribution in [3.8, 4) is 0 Å². The van der Waals surface area contributed by atoms with E-state index in [9.17, 15) is 0 Å². The Bertz CT molecular complexity index is 501. The van der Waals surface area contributed by atoms with Crippen LogP contribution in [0.25, 0.3) is 0 Å². The first kappa shape index (κ1) is 13.6. The maximum atomic E-state index is 5.72. The number of hydrogen-bond donors (Lipinski definition) is 1. The monoisotopic (exact) mass is 258 g/mol. The van der Waals surface area contributed by atoms with Gasteiger partial charge in [0.05, 0.1) is 6.20 Å². The fourth-order valence-electron chi connectivity index (χ4n) is 2.22. The lowest BCUT2D eigenvalue weighted by molar-refractivity contribution is 0.257. The first-order valence-electron chi connectivity index (χ1n) is 6.71. The summed E-state index contributed by atoms with van der Waals surface area (Å²) in [7, 11) is 1.95. The number of benzene rings is 1. The van der Waals surface area contributed by atoms with Gasteiger partial charge in [-0.2, -0.15) is 5.10 Å². The lowest BCUT2D eigenvalue weighted by Gasteiger charge is -2.21. The highest BCUT2D eigenvalue weighted by Crippen LogP contribution is 2.12. The Morgan fingerprint density at radius 3 is 2.42 bits per heavy atom. The average molecular weight is 258 g/mol. The molecular weight excluding hydrogens is 236 g/mol. The smallest absolute Gasteiger partial charge is 0.0534 e. The van der Waals surface area contributed by atoms with Gasteiger partial charge in [-0.3, -0.25) is 9.58 Å². The molecule has 0 spiro atoms. The molecule has 2 aromatic rings. The standard InChI is InChI=1S/C15H22N4/c1-3-8-19(12-14-9-17-18(2)10-14)11-13-4-6-15(16)7-5-13/h4-7,9-10H,3,8,11-12,16H2,1-2H3. The molecule has 19 heavy (non-hydrogen) atoms. The highest BCUT2D eigenvalue weighted by Gasteiger charge is 2.07. The summed E-state index contributed by atoms with van der Waals surface area (Å²) in [5.41, 5.74) is 9.09. The van der Waals surface area contributed by atoms with Gasteiger partial charge in [0.15, 0.2) is 0 Å². The second-order valence-corrected chi connectivity index (χ2v) is 4.97. The fraction of sp³-hybridized carbons (Fsp3) is 0.400. The van der Waals surface area contributed by atoms with Crippen molar-refractivity contribution in [2.45, 2.75) is 26.4 Å². The molecule has 0 saturated carbocycles. The van der Waals surface area contributed by atoms with Crippen LogP contribution in [-0.4, -0.2) is 21.2 Å². The van der Waals surface area contributed by atoms with Crippen molar-refractivity contribution in [3.05, 3.63) is 47.8 Å². The number of hydrogen-bond acceptors (Lipinski definition) is 3. The largest absolute Gasteiger partial charge is 0.399 e. The number of nitrogen functional groups attached to an aromatic ring is 1. The Kier molecular flexibility index (Phi) is 4.58. The number of nitrogens with two attached hydrogens (primary N) is 1. The van der Waals surface area contributed by atoms with E-state index in [1.807, 2.05) is 30.1 Å². The molecule has 1 heterocycles. The predicted molar refractivity (Wildman–Crippen MR) is 78.5 cm³/mol. The third-order valence-electron chi connectivity index (χ3n) is 3.09. The van der Waals surface area contributed by atoms with Crippen molar-refractivity contribution in [1.29, 1.82) is 0 Å². The molecular formula is C15H22N4. The minimum absolute atomic E-state index is 0.818. The Hall–Kier alpha value is -1.81. The van der Waals surface area contributed by atoms with Crippen LogP contribution in [0.15, 0.2) is 36.7 Å². The van der Waals surface area contributed by atoms with Crippen LogP contribution in [0.3, 0.4) is 0 Å². The molecule has 1 aromatic carbocycles. The van der Waals surface area contributed by atoms with E-state index in [0.29, 0.717) is 0 Å². The Balaban J connectivity index is 2.01. The molecule has 0 atom stereocenters. The van der Waals surface area contributed by atoms with Crippen LogP contribution in [0.1, 0.15) is 24.5 Å². The zero-order valence-corrected chi connectivity index (χ0v) is 11.7. The van der Waals surface area contributed by atoms with Gasteiger partial charge in [0.2, 0.25) is 0 Å². The van der Waals surface area contributed by atoms with Gasteiger partial charge in [-0.25, -0.2) is 0 Å². The zero-order valence-electron chi connectivity index (χ0n) is 11.7. The second-order valence-electron chi connectivity index (χ2n) is 4.97. The Labute approximate surface area is 114 Å². The van der Waals surface area contributed by atoms with Crippen molar-refractivity contribution in [3.63, 3.8) is 0 Å². The highest BCUT2D eigenvalue weighted by atomic mass is 15.2. The van der Waals surface area contributed by atoms with Crippen LogP contribution >= 0.6 is 0 Å². The minimum Gasteiger partial charge on any atom is -0.399 e. The average Bonchev–Trinajstić information content (AvgIpc) is 2.78. The summed E-state index contributed by atoms with van der Waals surface area (Å²) in [5.74, 6) is 0. The van der Waals surface area contributed by atoms with Gasteiger partial charge in [0.1, 0.15) is 0 Å². The summed E-state index contributed by atoms with van der Waals surface area (Å²) in [6.07, 6.45) is 5.16. The van der Waals surface area contributed by atoms with Gasteiger partial charge >= 0.3 is 0 Å². The first-order chi connectivity index (χ1) is 9.17. The van der Waals surface area contributed by atoms with Crippen LogP contribution in [0, 0.1) is 0 Å². The molecule has 1 aromatic heterocycles. The van der Waals surface area contributed by atoms with Crippen LogP contribution in [0.4, 0.5) is 5.69 Å². The topological polar surface area (TPSA) is 47.1 Å². The number of rotatable bonds is 6. The van der Waals surface area contributed by atoms with E-state index in [1.54, 1.807) is 0 Å². The summed E-state index contributed by atoms with van der Waals surface area (Å²) in [4.78, 5) is 2.43. The maximum Gasteiger partial charge on any atom is 0.0534 e. The summed E-state index contributed by atoms with van der Waals surface area (Å²) >= 11 is 0. The van der Waals surface area contributed by atoms with Crippen LogP contribution in [-0.2, 0) is 20.1 Å². The molecule has 0 fully saturated rings. The van der Waals surface area contributed by atoms with Gasteiger partial charge in [0.25, 0.3) is 0 Å². The van der Waals surface area contributed by atoms with Crippen LogP contribution in [0.5, 0.6) is 0 Å². The molecule has 0 radical (unpaired) electrons. The summed E-state index contributed by atoms with van der Waals surface area (Å²) in [6.45, 7) is 5.17. The number of nitrogens with zero attached hydrogens (tertiary/aromatic N) is 3. The van der Waals surface area contributed by atoms with Gasteiger partial charge in [-0.15, -0.1) is 0 Å². The molecule has 0 unspecified atom stereocenters. The molecule has 0 saturated heterocycles. The van der Waals surface area contributed by atoms with Gasteiger partial charge < -0.3 is 5.73 Å². The van der Waals surface area contributed by atoms with Gasteiger partial charge in [-0.1, -0.05) is 19.1 Å². The predicted octanol–water partition coefficient (Wildman–Crippen LogP) is 2.41. The van der Waals surface area contributed by atoms with E-state index < -0.39 is 0 Å². The van der Waals surface area contributed by atoms with E-state index in [-0.39, 0.29) is 0 Å². The van der Waals surface area contributed by atoms with E-state index in [0.717, 1.165) is 31.7 Å². The van der Waals surface area contributed by atoms with Crippen molar-refractivity contribution in [2.75, 3.05) is 12.3 Å². The van der Waals surface area contributed by atoms with E-state index in [1.165, 1.54) is 11.1 Å². The first-order valence-corrected chi connectivity index (χ1v) is 6.71. The molecule has 102 valence electrons. The van der Waals surface area contributed by atoms with Crippen molar-refractivity contribution in [2.24, 2.45) is 7.05 Å². The lowest BCUT2D eigenvalue weighted by Crippen LogP contribution is -2.23. The van der Waals surface area contributed by atoms with E-state index in [4.69, 9.17) is 5.73 Å². The van der Waals surface area contributed by atoms with E-state index >= 15 is 0 Å². The van der Waals surface area contributed by atoms with E-state index in [2.05, 4.69) is 35.3 Å². The lowest BCUT2D eigenvalue weighted by atomic mass is 10.2. The Morgan fingerprint density at radius 1 is 1.16 bits per heavy atom. The molecule has 0 aliphatic rings. The zero-order chi connectivity index (χ0) is 13.7. The number of aromatic nitrogens is 2. The number of aryl methyl sites for hydroxylation is 1. The SMILES string of the molecule is CCCN(Cc1ccc(N)cc1)Cc1cnn(C)c1. The van der Waals surface area contributed by atoms with Gasteiger partial charge in [-0.05, 0) is 30.7 Å². The molecule has 4 nitrogen and oxygen atoms in total. The summed E-state index contributed by atoms with van der Waals surface area (Å²) in [6, 6.07) is 8.12. The Morgan fingerprint density at radius 2 is 1.84 bits per heavy atom. The second kappa shape index (κ2) is 6.38. The van der Waals surface area contributed by atoms with Crippen molar-refractivity contribution < 1.29 is 0 Å². The number of anilines is 1. The molecule has 0 amide bonds. The molecule has 4 heteroatoms. The van der Waals surface area contributed by atoms with Crippen LogP contribution in [0.2, 0.25) is 0 Å². The third-order valence-corrected chi connectivity index (χ3v) is 3.09. The van der Waals surface area contributed by atoms with Crippen molar-refractivity contribution >= 4 is 5.69 Å². The minimum atomic E-state index is 0.818. The summed E-state index contributed by atoms with van der Waals surface area (Å²) < 4.78 is 1.85. The summed E-state index contributed by atoms with van der Waals surface area (Å²) in [5, 5.41) is 4.22. The van der Waals surface area contributed by atoms with Gasteiger partial charge in [0, 0.05) is 37.6 Å². The molecule has 0 aliphatic heterocycles. The molecule has 0 bridgehead atoms. The van der Waals surface area contributed by atoms with Crippen molar-refractivity contribution in [1.82, 2.24) is 14.7 Å². The highest BCUT2D eigenvalue weighted by molar-refractivity contribution is 5.39. The molecule has 0 aliphatic carbocycles. The third kappa shape index (κ3) is 4.10.